The zero-order valence-corrected chi connectivity index (χ0v) is 16.5. The van der Waals surface area contributed by atoms with E-state index in [1.54, 1.807) is 0 Å². The third kappa shape index (κ3) is 2.98. The third-order valence-electron chi connectivity index (χ3n) is 5.49. The summed E-state index contributed by atoms with van der Waals surface area (Å²) in [5, 5.41) is 3.21. The molecule has 0 aliphatic carbocycles. The van der Waals surface area contributed by atoms with Crippen molar-refractivity contribution in [3.63, 3.8) is 0 Å². The van der Waals surface area contributed by atoms with E-state index < -0.39 is 8.07 Å². The molecule has 1 aliphatic rings. The summed E-state index contributed by atoms with van der Waals surface area (Å²) in [5.74, 6) is 0. The molecule has 1 fully saturated rings. The molecule has 0 bridgehead atoms. The Morgan fingerprint density at radius 2 is 1.38 bits per heavy atom. The highest BCUT2D eigenvalue weighted by Crippen LogP contribution is 2.46. The van der Waals surface area contributed by atoms with Gasteiger partial charge in [-0.15, -0.1) is 0 Å². The van der Waals surface area contributed by atoms with Gasteiger partial charge in [-0.1, -0.05) is 112 Å². The largest absolute Gasteiger partial charge is 0.372 e. The first-order chi connectivity index (χ1) is 11.5. The molecule has 3 rings (SSSR count). The van der Waals surface area contributed by atoms with Gasteiger partial charge in [0.15, 0.2) is 8.07 Å². The van der Waals surface area contributed by atoms with Crippen molar-refractivity contribution >= 4 is 18.4 Å². The number of benzene rings is 2. The maximum Gasteiger partial charge on any atom is 0.157 e. The monoisotopic (exact) mass is 338 g/mol. The maximum atomic E-state index is 6.38. The van der Waals surface area contributed by atoms with Crippen LogP contribution >= 0.6 is 0 Å². The molecule has 1 nitrogen and oxygen atoms in total. The first-order valence-electron chi connectivity index (χ1n) is 9.28. The lowest BCUT2D eigenvalue weighted by molar-refractivity contribution is 0.378. The summed E-state index contributed by atoms with van der Waals surface area (Å²) in [7, 11) is -2.05. The second kappa shape index (κ2) is 6.85. The molecule has 128 valence electrons. The summed E-state index contributed by atoms with van der Waals surface area (Å²) in [6.45, 7) is 9.51. The van der Waals surface area contributed by atoms with Gasteiger partial charge in [0.2, 0.25) is 0 Å². The number of unbranched alkanes of at least 4 members (excludes halogenated alkanes) is 1. The molecule has 0 radical (unpaired) electrons. The van der Waals surface area contributed by atoms with E-state index in [0.717, 1.165) is 0 Å². The minimum atomic E-state index is -2.05. The van der Waals surface area contributed by atoms with Crippen LogP contribution in [-0.4, -0.2) is 19.9 Å². The average molecular weight is 339 g/mol. The van der Waals surface area contributed by atoms with Crippen molar-refractivity contribution in [2.24, 2.45) is 0 Å². The fourth-order valence-corrected chi connectivity index (χ4v) is 10.5. The molecule has 0 amide bonds. The van der Waals surface area contributed by atoms with E-state index in [1.807, 2.05) is 0 Å². The van der Waals surface area contributed by atoms with Crippen LogP contribution in [0.5, 0.6) is 0 Å². The van der Waals surface area contributed by atoms with Crippen LogP contribution in [-0.2, 0) is 4.74 Å². The molecule has 1 aliphatic heterocycles. The highest BCUT2D eigenvalue weighted by atomic mass is 28.3. The van der Waals surface area contributed by atoms with Gasteiger partial charge in [0, 0.05) is 0 Å². The van der Waals surface area contributed by atoms with Gasteiger partial charge in [-0.2, -0.15) is 0 Å². The van der Waals surface area contributed by atoms with E-state index in [9.17, 15) is 0 Å². The summed E-state index contributed by atoms with van der Waals surface area (Å²) in [5.41, 5.74) is 0.397. The van der Waals surface area contributed by atoms with Gasteiger partial charge in [0.1, 0.15) is 0 Å². The second-order valence-corrected chi connectivity index (χ2v) is 12.9. The Kier molecular flexibility index (Phi) is 4.98. The minimum absolute atomic E-state index is 0.196. The molecule has 1 saturated heterocycles. The lowest BCUT2D eigenvalue weighted by Gasteiger charge is -2.43. The van der Waals surface area contributed by atoms with Crippen LogP contribution in [0.15, 0.2) is 60.7 Å². The topological polar surface area (TPSA) is 12.5 Å². The van der Waals surface area contributed by atoms with Crippen molar-refractivity contribution in [1.82, 2.24) is 0 Å². The maximum absolute atomic E-state index is 6.38. The van der Waals surface area contributed by atoms with Crippen LogP contribution in [0.25, 0.3) is 0 Å². The van der Waals surface area contributed by atoms with Crippen LogP contribution in [0.4, 0.5) is 0 Å². The van der Waals surface area contributed by atoms with Gasteiger partial charge in [0.05, 0.1) is 11.8 Å². The van der Waals surface area contributed by atoms with Crippen LogP contribution in [0.1, 0.15) is 47.0 Å². The molecule has 2 atom stereocenters. The van der Waals surface area contributed by atoms with Crippen molar-refractivity contribution in [2.45, 2.75) is 63.8 Å². The molecular formula is C22H30OSi. The molecule has 0 saturated carbocycles. The molecule has 1 heterocycles. The normalized spacial score (nSPS) is 20.8. The number of ether oxygens (including phenoxy) is 1. The van der Waals surface area contributed by atoms with Gasteiger partial charge >= 0.3 is 0 Å². The summed E-state index contributed by atoms with van der Waals surface area (Å²) in [6.07, 6.45) is 4.15. The lowest BCUT2D eigenvalue weighted by Crippen LogP contribution is -2.69. The van der Waals surface area contributed by atoms with E-state index in [-0.39, 0.29) is 5.04 Å². The number of epoxide rings is 1. The first-order valence-corrected chi connectivity index (χ1v) is 11.4. The number of rotatable bonds is 6. The Morgan fingerprint density at radius 3 is 1.79 bits per heavy atom. The first kappa shape index (κ1) is 17.4. The summed E-state index contributed by atoms with van der Waals surface area (Å²) in [4.78, 5) is 0. The van der Waals surface area contributed by atoms with Crippen molar-refractivity contribution in [2.75, 3.05) is 0 Å². The lowest BCUT2D eigenvalue weighted by atomic mass is 10.2. The Morgan fingerprint density at radius 1 is 0.875 bits per heavy atom. The molecule has 0 aromatic heterocycles. The summed E-state index contributed by atoms with van der Waals surface area (Å²) in [6, 6.07) is 22.4. The van der Waals surface area contributed by atoms with Crippen LogP contribution in [0, 0.1) is 0 Å². The standard InChI is InChI=1S/C22H30OSi/c1-5-6-17-20-21(23-20)24(22(2,3)4,18-13-9-7-10-14-18)19-15-11-8-12-16-19/h7-16,20-21H,5-6,17H2,1-4H3/t20-,21+/m0/s1. The highest BCUT2D eigenvalue weighted by Gasteiger charge is 2.62. The Balaban J connectivity index is 2.13. The molecule has 2 aromatic carbocycles. The van der Waals surface area contributed by atoms with Crippen molar-refractivity contribution in [3.8, 4) is 0 Å². The van der Waals surface area contributed by atoms with Gasteiger partial charge in [-0.3, -0.25) is 0 Å². The van der Waals surface area contributed by atoms with E-state index in [4.69, 9.17) is 4.74 Å². The van der Waals surface area contributed by atoms with Crippen molar-refractivity contribution in [1.29, 1.82) is 0 Å². The number of hydrogen-bond acceptors (Lipinski definition) is 1. The zero-order valence-electron chi connectivity index (χ0n) is 15.5. The molecule has 0 spiro atoms. The van der Waals surface area contributed by atoms with Gasteiger partial charge in [-0.25, -0.2) is 0 Å². The van der Waals surface area contributed by atoms with Gasteiger partial charge in [0.25, 0.3) is 0 Å². The molecule has 2 aromatic rings. The molecular weight excluding hydrogens is 308 g/mol. The quantitative estimate of drug-likeness (QED) is 0.556. The summed E-state index contributed by atoms with van der Waals surface area (Å²) < 4.78 is 6.38. The van der Waals surface area contributed by atoms with Crippen molar-refractivity contribution < 1.29 is 4.74 Å². The summed E-state index contributed by atoms with van der Waals surface area (Å²) >= 11 is 0. The third-order valence-corrected chi connectivity index (χ3v) is 11.7. The van der Waals surface area contributed by atoms with Gasteiger partial charge in [-0.05, 0) is 11.5 Å². The second-order valence-electron chi connectivity index (χ2n) is 8.03. The Bertz CT molecular complexity index is 605. The predicted octanol–water partition coefficient (Wildman–Crippen LogP) is 4.55. The van der Waals surface area contributed by atoms with E-state index in [1.165, 1.54) is 29.6 Å². The SMILES string of the molecule is CCCC[C@@H]1O[C@@H]1[Si](c1ccccc1)(c1ccccc1)C(C)(C)C. The molecule has 24 heavy (non-hydrogen) atoms. The molecule has 2 heteroatoms. The molecule has 0 N–H and O–H groups in total. The minimum Gasteiger partial charge on any atom is -0.372 e. The smallest absolute Gasteiger partial charge is 0.157 e. The fourth-order valence-electron chi connectivity index (χ4n) is 4.34. The fraction of sp³-hybridized carbons (Fsp3) is 0.455. The van der Waals surface area contributed by atoms with Crippen LogP contribution in [0.3, 0.4) is 0 Å². The Labute approximate surface area is 148 Å². The predicted molar refractivity (Wildman–Crippen MR) is 106 cm³/mol. The molecule has 0 unspecified atom stereocenters. The Hall–Kier alpha value is -1.38. The zero-order chi connectivity index (χ0) is 17.2. The van der Waals surface area contributed by atoms with E-state index in [0.29, 0.717) is 11.8 Å². The van der Waals surface area contributed by atoms with E-state index >= 15 is 0 Å². The number of hydrogen-bond donors (Lipinski definition) is 0. The average Bonchev–Trinajstić information content (AvgIpc) is 3.34. The van der Waals surface area contributed by atoms with Crippen LogP contribution < -0.4 is 10.4 Å². The van der Waals surface area contributed by atoms with Crippen LogP contribution in [0.2, 0.25) is 5.04 Å². The van der Waals surface area contributed by atoms with Crippen molar-refractivity contribution in [3.05, 3.63) is 60.7 Å². The van der Waals surface area contributed by atoms with E-state index in [2.05, 4.69) is 88.4 Å². The van der Waals surface area contributed by atoms with Gasteiger partial charge < -0.3 is 4.74 Å². The highest BCUT2D eigenvalue weighted by molar-refractivity contribution is 7.05.